The fraction of sp³-hybridized carbons (Fsp3) is 0.571. The second-order valence-electron chi connectivity index (χ2n) is 5.71. The van der Waals surface area contributed by atoms with Crippen molar-refractivity contribution in [3.8, 4) is 0 Å². The zero-order valence-corrected chi connectivity index (χ0v) is 16.3. The molecule has 0 bridgehead atoms. The lowest BCUT2D eigenvalue weighted by Gasteiger charge is -2.29. The summed E-state index contributed by atoms with van der Waals surface area (Å²) in [6.45, 7) is 2.08. The quantitative estimate of drug-likeness (QED) is 0.496. The van der Waals surface area contributed by atoms with E-state index in [1.165, 1.54) is 11.3 Å². The number of rotatable bonds is 3. The molecule has 1 amide bonds. The molecular weight excluding hydrogens is 483 g/mol. The van der Waals surface area contributed by atoms with Crippen molar-refractivity contribution in [3.05, 3.63) is 18.3 Å². The van der Waals surface area contributed by atoms with Crippen molar-refractivity contribution in [1.29, 1.82) is 0 Å². The number of hydrogen-bond donors (Lipinski definition) is 2. The van der Waals surface area contributed by atoms with Crippen LogP contribution in [0.4, 0.5) is 0 Å². The predicted octanol–water partition coefficient (Wildman–Crippen LogP) is 2.53. The fourth-order valence-corrected chi connectivity index (χ4v) is 5.10. The molecule has 8 heteroatoms. The average Bonchev–Trinajstić information content (AvgIpc) is 2.99. The van der Waals surface area contributed by atoms with Gasteiger partial charge in [0.1, 0.15) is 6.10 Å². The van der Waals surface area contributed by atoms with E-state index < -0.39 is 0 Å². The molecule has 22 heavy (non-hydrogen) atoms. The van der Waals surface area contributed by atoms with E-state index in [2.05, 4.69) is 49.2 Å². The smallest absolute Gasteiger partial charge is 0.312 e. The minimum Gasteiger partial charge on any atom is -0.460 e. The second-order valence-corrected chi connectivity index (χ2v) is 9.19. The predicted molar refractivity (Wildman–Crippen MR) is 96.1 cm³/mol. The van der Waals surface area contributed by atoms with Gasteiger partial charge in [-0.05, 0) is 64.5 Å². The zero-order valence-electron chi connectivity index (χ0n) is 11.8. The van der Waals surface area contributed by atoms with Crippen LogP contribution in [0.1, 0.15) is 29.6 Å². The van der Waals surface area contributed by atoms with Crippen LogP contribution < -0.4 is 10.6 Å². The molecule has 120 valence electrons. The van der Waals surface area contributed by atoms with Gasteiger partial charge in [-0.2, -0.15) is 0 Å². The van der Waals surface area contributed by atoms with E-state index in [1.54, 1.807) is 0 Å². The molecule has 3 heterocycles. The molecule has 2 saturated heterocycles. The molecule has 2 fully saturated rings. The number of halogens is 2. The Balaban J connectivity index is 1.57. The van der Waals surface area contributed by atoms with Gasteiger partial charge in [-0.15, -0.1) is 11.3 Å². The molecule has 0 saturated carbocycles. The Morgan fingerprint density at radius 2 is 2.27 bits per heavy atom. The molecule has 0 aliphatic carbocycles. The third-order valence-electron chi connectivity index (χ3n) is 4.31. The SMILES string of the molecule is O=C(NCC1CC2(CCNCC2)C(=O)O1)c1csc(I)c1Br. The molecule has 2 aliphatic rings. The van der Waals surface area contributed by atoms with E-state index in [9.17, 15) is 9.59 Å². The summed E-state index contributed by atoms with van der Waals surface area (Å²) in [6.07, 6.45) is 2.14. The van der Waals surface area contributed by atoms with Crippen LogP contribution in [0.2, 0.25) is 0 Å². The number of piperidine rings is 1. The second kappa shape index (κ2) is 6.74. The highest BCUT2D eigenvalue weighted by Gasteiger charge is 2.49. The van der Waals surface area contributed by atoms with Gasteiger partial charge in [-0.25, -0.2) is 0 Å². The van der Waals surface area contributed by atoms with Gasteiger partial charge in [0.25, 0.3) is 5.91 Å². The van der Waals surface area contributed by atoms with Crippen molar-refractivity contribution in [2.24, 2.45) is 5.41 Å². The Hall–Kier alpha value is -0.190. The standard InChI is InChI=1S/C14H16BrIN2O3S/c15-10-9(7-22-11(10)16)12(19)18-6-8-5-14(13(20)21-8)1-3-17-4-2-14/h7-8,17H,1-6H2,(H,18,19). The number of nitrogens with one attached hydrogen (secondary N) is 2. The van der Waals surface area contributed by atoms with Crippen LogP contribution in [0.3, 0.4) is 0 Å². The highest BCUT2D eigenvalue weighted by atomic mass is 127. The highest BCUT2D eigenvalue weighted by Crippen LogP contribution is 2.41. The van der Waals surface area contributed by atoms with Crippen molar-refractivity contribution >= 4 is 61.7 Å². The third kappa shape index (κ3) is 3.20. The van der Waals surface area contributed by atoms with Crippen molar-refractivity contribution in [3.63, 3.8) is 0 Å². The largest absolute Gasteiger partial charge is 0.460 e. The lowest BCUT2D eigenvalue weighted by Crippen LogP contribution is -2.39. The first-order valence-electron chi connectivity index (χ1n) is 7.14. The Bertz CT molecular complexity index is 601. The zero-order chi connectivity index (χ0) is 15.7. The summed E-state index contributed by atoms with van der Waals surface area (Å²) in [4.78, 5) is 24.4. The first-order chi connectivity index (χ1) is 10.5. The minimum absolute atomic E-state index is 0.0977. The van der Waals surface area contributed by atoms with Gasteiger partial charge in [0, 0.05) is 11.8 Å². The molecule has 2 aliphatic heterocycles. The fourth-order valence-electron chi connectivity index (χ4n) is 3.04. The van der Waals surface area contributed by atoms with Crippen LogP contribution in [0, 0.1) is 8.30 Å². The average molecular weight is 499 g/mol. The molecule has 1 atom stereocenters. The number of hydrogen-bond acceptors (Lipinski definition) is 5. The highest BCUT2D eigenvalue weighted by molar-refractivity contribution is 14.1. The molecule has 3 rings (SSSR count). The maximum atomic E-state index is 12.2. The molecule has 1 aromatic rings. The van der Waals surface area contributed by atoms with E-state index in [0.717, 1.165) is 33.3 Å². The summed E-state index contributed by atoms with van der Waals surface area (Å²) in [7, 11) is 0. The summed E-state index contributed by atoms with van der Waals surface area (Å²) in [5, 5.41) is 7.98. The van der Waals surface area contributed by atoms with Crippen molar-refractivity contribution in [2.75, 3.05) is 19.6 Å². The molecule has 1 aromatic heterocycles. The van der Waals surface area contributed by atoms with Crippen LogP contribution in [0.25, 0.3) is 0 Å². The molecule has 1 unspecified atom stereocenters. The molecule has 1 spiro atoms. The van der Waals surface area contributed by atoms with Gasteiger partial charge in [0.05, 0.1) is 24.9 Å². The van der Waals surface area contributed by atoms with Gasteiger partial charge >= 0.3 is 5.97 Å². The molecule has 5 nitrogen and oxygen atoms in total. The summed E-state index contributed by atoms with van der Waals surface area (Å²) < 4.78 is 7.36. The number of amides is 1. The summed E-state index contributed by atoms with van der Waals surface area (Å²) in [5.41, 5.74) is 0.300. The van der Waals surface area contributed by atoms with Gasteiger partial charge in [-0.3, -0.25) is 9.59 Å². The third-order valence-corrected chi connectivity index (χ3v) is 8.20. The van der Waals surface area contributed by atoms with E-state index >= 15 is 0 Å². The number of ether oxygens (including phenoxy) is 1. The Morgan fingerprint density at radius 1 is 1.55 bits per heavy atom. The van der Waals surface area contributed by atoms with Crippen LogP contribution in [-0.2, 0) is 9.53 Å². The first-order valence-corrected chi connectivity index (χ1v) is 9.89. The van der Waals surface area contributed by atoms with Crippen molar-refractivity contribution < 1.29 is 14.3 Å². The van der Waals surface area contributed by atoms with Crippen molar-refractivity contribution in [2.45, 2.75) is 25.4 Å². The van der Waals surface area contributed by atoms with Crippen LogP contribution >= 0.6 is 49.9 Å². The molecular formula is C14H16BrIN2O3S. The topological polar surface area (TPSA) is 67.4 Å². The van der Waals surface area contributed by atoms with E-state index in [1.807, 2.05) is 5.38 Å². The van der Waals surface area contributed by atoms with E-state index in [0.29, 0.717) is 18.5 Å². The van der Waals surface area contributed by atoms with E-state index in [4.69, 9.17) is 4.74 Å². The van der Waals surface area contributed by atoms with Gasteiger partial charge in [0.2, 0.25) is 0 Å². The number of thiophene rings is 1. The molecule has 0 aromatic carbocycles. The van der Waals surface area contributed by atoms with Crippen LogP contribution in [0.15, 0.2) is 9.85 Å². The lowest BCUT2D eigenvalue weighted by atomic mass is 9.76. The number of carbonyl (C=O) groups excluding carboxylic acids is 2. The number of esters is 1. The van der Waals surface area contributed by atoms with E-state index in [-0.39, 0.29) is 23.4 Å². The molecule has 2 N–H and O–H groups in total. The summed E-state index contributed by atoms with van der Waals surface area (Å²) in [5.74, 6) is -0.229. The minimum atomic E-state index is -0.334. The summed E-state index contributed by atoms with van der Waals surface area (Å²) in [6, 6.07) is 0. The Morgan fingerprint density at radius 3 is 2.91 bits per heavy atom. The maximum Gasteiger partial charge on any atom is 0.312 e. The van der Waals surface area contributed by atoms with Gasteiger partial charge < -0.3 is 15.4 Å². The van der Waals surface area contributed by atoms with Gasteiger partial charge in [-0.1, -0.05) is 0 Å². The van der Waals surface area contributed by atoms with Crippen LogP contribution in [0.5, 0.6) is 0 Å². The van der Waals surface area contributed by atoms with Crippen LogP contribution in [-0.4, -0.2) is 37.6 Å². The number of carbonyl (C=O) groups is 2. The monoisotopic (exact) mass is 498 g/mol. The lowest BCUT2D eigenvalue weighted by molar-refractivity contribution is -0.149. The molecule has 0 radical (unpaired) electrons. The van der Waals surface area contributed by atoms with Gasteiger partial charge in [0.15, 0.2) is 0 Å². The number of cyclic esters (lactones) is 1. The normalized spacial score (nSPS) is 23.5. The summed E-state index contributed by atoms with van der Waals surface area (Å²) >= 11 is 7.13. The Kier molecular flexibility index (Phi) is 5.10. The Labute approximate surface area is 154 Å². The first kappa shape index (κ1) is 16.7. The van der Waals surface area contributed by atoms with Crippen molar-refractivity contribution in [1.82, 2.24) is 10.6 Å². The maximum absolute atomic E-state index is 12.2.